The van der Waals surface area contributed by atoms with Gasteiger partial charge in [-0.25, -0.2) is 4.79 Å². The molecule has 0 spiro atoms. The molecule has 0 saturated heterocycles. The Hall–Kier alpha value is -4.19. The van der Waals surface area contributed by atoms with Crippen LogP contribution < -0.4 is 5.32 Å². The van der Waals surface area contributed by atoms with E-state index in [9.17, 15) is 14.4 Å². The lowest BCUT2D eigenvalue weighted by Crippen LogP contribution is -2.38. The van der Waals surface area contributed by atoms with Crippen molar-refractivity contribution in [3.63, 3.8) is 0 Å². The van der Waals surface area contributed by atoms with Gasteiger partial charge in [-0.3, -0.25) is 9.59 Å². The number of anilines is 1. The number of hydrogen-bond acceptors (Lipinski definition) is 4. The number of nitrogens with zero attached hydrogens (tertiary/aromatic N) is 1. The number of carbonyl (C=O) groups excluding carboxylic acids is 3. The third kappa shape index (κ3) is 5.86. The second-order valence-electron chi connectivity index (χ2n) is 9.82. The number of esters is 1. The maximum atomic E-state index is 13.3. The minimum absolute atomic E-state index is 0.0568. The molecule has 0 radical (unpaired) electrons. The number of nitrogens with one attached hydrogen (secondary N) is 1. The molecule has 0 saturated carbocycles. The molecule has 3 aromatic carbocycles. The van der Waals surface area contributed by atoms with Gasteiger partial charge in [-0.1, -0.05) is 48.0 Å². The van der Waals surface area contributed by atoms with Crippen molar-refractivity contribution in [3.05, 3.63) is 111 Å². The molecular weight excluding hydrogens is 476 g/mol. The van der Waals surface area contributed by atoms with Crippen molar-refractivity contribution in [2.45, 2.75) is 53.5 Å². The Morgan fingerprint density at radius 3 is 2.34 bits per heavy atom. The summed E-state index contributed by atoms with van der Waals surface area (Å²) >= 11 is 0. The van der Waals surface area contributed by atoms with Crippen molar-refractivity contribution in [2.24, 2.45) is 0 Å². The standard InChI is InChI=1S/C32H34N2O4/c1-6-38-32(37)30-23(5)34(29(35)18-28(30)26-9-7-8-20(2)16-26)19-24-11-13-25(14-12-24)31(36)33-27-15-10-21(3)22(4)17-27/h7-17,28H,6,18-19H2,1-5H3,(H,33,36). The number of rotatable bonds is 7. The lowest BCUT2D eigenvalue weighted by molar-refractivity contribution is -0.140. The number of amides is 2. The van der Waals surface area contributed by atoms with Crippen molar-refractivity contribution >= 4 is 23.5 Å². The fraction of sp³-hybridized carbons (Fsp3) is 0.281. The van der Waals surface area contributed by atoms with Gasteiger partial charge in [0.05, 0.1) is 18.7 Å². The highest BCUT2D eigenvalue weighted by atomic mass is 16.5. The van der Waals surface area contributed by atoms with Crippen LogP contribution in [0.5, 0.6) is 0 Å². The van der Waals surface area contributed by atoms with Gasteiger partial charge in [-0.2, -0.15) is 0 Å². The van der Waals surface area contributed by atoms with Crippen LogP contribution in [0.3, 0.4) is 0 Å². The van der Waals surface area contributed by atoms with E-state index in [-0.39, 0.29) is 30.8 Å². The summed E-state index contributed by atoms with van der Waals surface area (Å²) in [5.41, 5.74) is 7.52. The minimum Gasteiger partial charge on any atom is -0.463 e. The Balaban J connectivity index is 1.56. The van der Waals surface area contributed by atoms with E-state index in [1.807, 2.05) is 75.4 Å². The number of aryl methyl sites for hydroxylation is 3. The summed E-state index contributed by atoms with van der Waals surface area (Å²) in [6.45, 7) is 10.2. The van der Waals surface area contributed by atoms with Crippen molar-refractivity contribution < 1.29 is 19.1 Å². The Morgan fingerprint density at radius 2 is 1.68 bits per heavy atom. The van der Waals surface area contributed by atoms with Crippen molar-refractivity contribution in [1.29, 1.82) is 0 Å². The topological polar surface area (TPSA) is 75.7 Å². The average Bonchev–Trinajstić information content (AvgIpc) is 2.88. The van der Waals surface area contributed by atoms with Crippen LogP contribution in [0, 0.1) is 20.8 Å². The first-order valence-corrected chi connectivity index (χ1v) is 12.9. The van der Waals surface area contributed by atoms with Gasteiger partial charge in [-0.15, -0.1) is 0 Å². The Morgan fingerprint density at radius 1 is 0.947 bits per heavy atom. The highest BCUT2D eigenvalue weighted by Crippen LogP contribution is 2.38. The van der Waals surface area contributed by atoms with E-state index in [0.29, 0.717) is 23.4 Å². The van der Waals surface area contributed by atoms with Crippen LogP contribution in [0.2, 0.25) is 0 Å². The quantitative estimate of drug-likeness (QED) is 0.383. The summed E-state index contributed by atoms with van der Waals surface area (Å²) in [4.78, 5) is 40.7. The fourth-order valence-corrected chi connectivity index (χ4v) is 4.81. The Bertz CT molecular complexity index is 1410. The smallest absolute Gasteiger partial charge is 0.336 e. The summed E-state index contributed by atoms with van der Waals surface area (Å²) in [6.07, 6.45) is 0.186. The molecule has 1 aliphatic rings. The van der Waals surface area contributed by atoms with Gasteiger partial charge in [0.25, 0.3) is 5.91 Å². The SMILES string of the molecule is CCOC(=O)C1=C(C)N(Cc2ccc(C(=O)Nc3ccc(C)c(C)c3)cc2)C(=O)CC1c1cccc(C)c1. The minimum atomic E-state index is -0.396. The zero-order chi connectivity index (χ0) is 27.4. The van der Waals surface area contributed by atoms with E-state index in [0.717, 1.165) is 27.9 Å². The highest BCUT2D eigenvalue weighted by molar-refractivity contribution is 6.04. The summed E-state index contributed by atoms with van der Waals surface area (Å²) < 4.78 is 5.39. The van der Waals surface area contributed by atoms with Gasteiger partial charge < -0.3 is 15.0 Å². The van der Waals surface area contributed by atoms with E-state index in [1.54, 1.807) is 30.9 Å². The third-order valence-electron chi connectivity index (χ3n) is 7.08. The van der Waals surface area contributed by atoms with Gasteiger partial charge in [0.2, 0.25) is 5.91 Å². The van der Waals surface area contributed by atoms with E-state index < -0.39 is 5.97 Å². The van der Waals surface area contributed by atoms with E-state index in [4.69, 9.17) is 4.74 Å². The molecule has 6 nitrogen and oxygen atoms in total. The van der Waals surface area contributed by atoms with Crippen LogP contribution in [-0.2, 0) is 20.9 Å². The summed E-state index contributed by atoms with van der Waals surface area (Å²) in [5.74, 6) is -1.00. The number of allylic oxidation sites excluding steroid dienone is 1. The van der Waals surface area contributed by atoms with Gasteiger partial charge in [-0.05, 0) is 81.1 Å². The summed E-state index contributed by atoms with van der Waals surface area (Å²) in [5, 5.41) is 2.93. The third-order valence-corrected chi connectivity index (χ3v) is 7.08. The molecule has 4 rings (SSSR count). The predicted octanol–water partition coefficient (Wildman–Crippen LogP) is 6.22. The fourth-order valence-electron chi connectivity index (χ4n) is 4.81. The average molecular weight is 511 g/mol. The molecule has 3 aromatic rings. The molecule has 1 unspecified atom stereocenters. The van der Waals surface area contributed by atoms with Crippen LogP contribution in [0.4, 0.5) is 5.69 Å². The van der Waals surface area contributed by atoms with E-state index in [2.05, 4.69) is 5.32 Å². The number of hydrogen-bond donors (Lipinski definition) is 1. The van der Waals surface area contributed by atoms with Crippen molar-refractivity contribution in [1.82, 2.24) is 4.90 Å². The number of ether oxygens (including phenoxy) is 1. The second-order valence-corrected chi connectivity index (χ2v) is 9.82. The maximum Gasteiger partial charge on any atom is 0.336 e. The van der Waals surface area contributed by atoms with Crippen molar-refractivity contribution in [2.75, 3.05) is 11.9 Å². The first-order chi connectivity index (χ1) is 18.2. The van der Waals surface area contributed by atoms with Crippen LogP contribution in [-0.4, -0.2) is 29.3 Å². The number of carbonyl (C=O) groups is 3. The van der Waals surface area contributed by atoms with Crippen molar-refractivity contribution in [3.8, 4) is 0 Å². The molecular formula is C32H34N2O4. The molecule has 0 bridgehead atoms. The molecule has 1 heterocycles. The van der Waals surface area contributed by atoms with E-state index in [1.165, 1.54) is 5.56 Å². The maximum absolute atomic E-state index is 13.3. The molecule has 38 heavy (non-hydrogen) atoms. The Kier molecular flexibility index (Phi) is 8.10. The molecule has 2 amide bonds. The van der Waals surface area contributed by atoms with Gasteiger partial charge in [0.1, 0.15) is 0 Å². The predicted molar refractivity (Wildman–Crippen MR) is 149 cm³/mol. The molecule has 196 valence electrons. The van der Waals surface area contributed by atoms with Crippen LogP contribution in [0.15, 0.2) is 78.0 Å². The molecule has 0 aromatic heterocycles. The molecule has 1 atom stereocenters. The van der Waals surface area contributed by atoms with E-state index >= 15 is 0 Å². The molecule has 0 aliphatic carbocycles. The molecule has 6 heteroatoms. The molecule has 1 N–H and O–H groups in total. The zero-order valence-corrected chi connectivity index (χ0v) is 22.6. The van der Waals surface area contributed by atoms with Crippen LogP contribution in [0.1, 0.15) is 64.4 Å². The number of benzene rings is 3. The van der Waals surface area contributed by atoms with Gasteiger partial charge in [0.15, 0.2) is 0 Å². The van der Waals surface area contributed by atoms with Gasteiger partial charge >= 0.3 is 5.97 Å². The second kappa shape index (κ2) is 11.5. The molecule has 1 aliphatic heterocycles. The van der Waals surface area contributed by atoms with Crippen LogP contribution in [0.25, 0.3) is 0 Å². The Labute approximate surface area is 224 Å². The first-order valence-electron chi connectivity index (χ1n) is 12.9. The van der Waals surface area contributed by atoms with Gasteiger partial charge in [0, 0.05) is 29.3 Å². The summed E-state index contributed by atoms with van der Waals surface area (Å²) in [6, 6.07) is 20.9. The van der Waals surface area contributed by atoms with Crippen LogP contribution >= 0.6 is 0 Å². The highest BCUT2D eigenvalue weighted by Gasteiger charge is 2.36. The largest absolute Gasteiger partial charge is 0.463 e. The normalized spacial score (nSPS) is 15.4. The lowest BCUT2D eigenvalue weighted by atomic mass is 9.83. The zero-order valence-electron chi connectivity index (χ0n) is 22.6. The monoisotopic (exact) mass is 510 g/mol. The molecule has 0 fully saturated rings. The lowest BCUT2D eigenvalue weighted by Gasteiger charge is -2.34. The first kappa shape index (κ1) is 26.9. The summed E-state index contributed by atoms with van der Waals surface area (Å²) in [7, 11) is 0.